The Kier molecular flexibility index (Phi) is 4.56. The number of rotatable bonds is 4. The highest BCUT2D eigenvalue weighted by molar-refractivity contribution is 6.30. The van der Waals surface area contributed by atoms with Crippen LogP contribution in [0.3, 0.4) is 0 Å². The summed E-state index contributed by atoms with van der Waals surface area (Å²) in [5.41, 5.74) is 2.95. The van der Waals surface area contributed by atoms with Crippen LogP contribution >= 0.6 is 11.6 Å². The summed E-state index contributed by atoms with van der Waals surface area (Å²) in [6.07, 6.45) is 0. The third-order valence-electron chi connectivity index (χ3n) is 3.20. The number of nitrogens with one attached hydrogen (secondary N) is 1. The molecule has 0 heterocycles. The minimum atomic E-state index is -0.158. The van der Waals surface area contributed by atoms with Crippen molar-refractivity contribution < 1.29 is 4.39 Å². The number of aryl methyl sites for hydroxylation is 1. The van der Waals surface area contributed by atoms with Crippen LogP contribution in [-0.4, -0.2) is 0 Å². The number of benzene rings is 2. The molecule has 0 aliphatic rings. The quantitative estimate of drug-likeness (QED) is 0.858. The van der Waals surface area contributed by atoms with E-state index in [1.807, 2.05) is 36.4 Å². The van der Waals surface area contributed by atoms with Crippen molar-refractivity contribution in [1.29, 1.82) is 0 Å². The predicted octanol–water partition coefficient (Wildman–Crippen LogP) is 4.64. The Balaban J connectivity index is 1.98. The molecule has 0 aliphatic heterocycles. The Morgan fingerprint density at radius 2 is 1.84 bits per heavy atom. The topological polar surface area (TPSA) is 12.0 Å². The molecule has 0 spiro atoms. The summed E-state index contributed by atoms with van der Waals surface area (Å²) in [6.45, 7) is 4.59. The van der Waals surface area contributed by atoms with E-state index in [1.165, 1.54) is 11.6 Å². The first-order valence-corrected chi connectivity index (χ1v) is 6.68. The standard InChI is InChI=1S/C16H17ClFN/c1-11-9-13(3-8-16(11)18)10-19-12(2)14-4-6-15(17)7-5-14/h3-9,12,19H,10H2,1-2H3. The van der Waals surface area contributed by atoms with Gasteiger partial charge < -0.3 is 5.32 Å². The van der Waals surface area contributed by atoms with Gasteiger partial charge in [0.2, 0.25) is 0 Å². The highest BCUT2D eigenvalue weighted by atomic mass is 35.5. The van der Waals surface area contributed by atoms with Crippen molar-refractivity contribution in [2.45, 2.75) is 26.4 Å². The first kappa shape index (κ1) is 14.0. The average molecular weight is 278 g/mol. The van der Waals surface area contributed by atoms with Crippen LogP contribution < -0.4 is 5.32 Å². The molecule has 0 aliphatic carbocycles. The molecule has 1 unspecified atom stereocenters. The molecule has 0 fully saturated rings. The Morgan fingerprint density at radius 1 is 1.16 bits per heavy atom. The zero-order valence-electron chi connectivity index (χ0n) is 11.1. The lowest BCUT2D eigenvalue weighted by Gasteiger charge is -2.14. The second kappa shape index (κ2) is 6.18. The van der Waals surface area contributed by atoms with Gasteiger partial charge in [-0.15, -0.1) is 0 Å². The summed E-state index contributed by atoms with van der Waals surface area (Å²) in [5, 5.41) is 4.16. The van der Waals surface area contributed by atoms with Crippen LogP contribution in [0.2, 0.25) is 5.02 Å². The van der Waals surface area contributed by atoms with Crippen molar-refractivity contribution in [1.82, 2.24) is 5.32 Å². The highest BCUT2D eigenvalue weighted by Gasteiger charge is 2.05. The first-order valence-electron chi connectivity index (χ1n) is 6.30. The summed E-state index contributed by atoms with van der Waals surface area (Å²) >= 11 is 5.87. The fourth-order valence-electron chi connectivity index (χ4n) is 1.96. The van der Waals surface area contributed by atoms with Gasteiger partial charge in [-0.2, -0.15) is 0 Å². The molecule has 0 amide bonds. The van der Waals surface area contributed by atoms with E-state index >= 15 is 0 Å². The van der Waals surface area contributed by atoms with E-state index in [1.54, 1.807) is 6.92 Å². The largest absolute Gasteiger partial charge is 0.306 e. The van der Waals surface area contributed by atoms with Crippen molar-refractivity contribution in [2.75, 3.05) is 0 Å². The van der Waals surface area contributed by atoms with Gasteiger partial charge in [0, 0.05) is 17.6 Å². The zero-order valence-corrected chi connectivity index (χ0v) is 11.8. The molecule has 0 bridgehead atoms. The average Bonchev–Trinajstić information content (AvgIpc) is 2.40. The fourth-order valence-corrected chi connectivity index (χ4v) is 2.08. The Bertz CT molecular complexity index is 551. The van der Waals surface area contributed by atoms with Gasteiger partial charge in [-0.3, -0.25) is 0 Å². The third kappa shape index (κ3) is 3.79. The summed E-state index contributed by atoms with van der Waals surface area (Å²) in [4.78, 5) is 0. The number of hydrogen-bond acceptors (Lipinski definition) is 1. The van der Waals surface area contributed by atoms with Crippen LogP contribution in [0, 0.1) is 12.7 Å². The molecule has 3 heteroatoms. The first-order chi connectivity index (χ1) is 9.06. The molecule has 1 atom stereocenters. The maximum absolute atomic E-state index is 13.2. The molecule has 2 aromatic rings. The molecule has 100 valence electrons. The molecular formula is C16H17ClFN. The second-order valence-electron chi connectivity index (χ2n) is 4.74. The SMILES string of the molecule is Cc1cc(CNC(C)c2ccc(Cl)cc2)ccc1F. The summed E-state index contributed by atoms with van der Waals surface area (Å²) < 4.78 is 13.2. The van der Waals surface area contributed by atoms with E-state index in [2.05, 4.69) is 12.2 Å². The number of hydrogen-bond donors (Lipinski definition) is 1. The van der Waals surface area contributed by atoms with E-state index in [-0.39, 0.29) is 11.9 Å². The van der Waals surface area contributed by atoms with Crippen LogP contribution in [0.4, 0.5) is 4.39 Å². The van der Waals surface area contributed by atoms with Gasteiger partial charge in [0.1, 0.15) is 5.82 Å². The van der Waals surface area contributed by atoms with Gasteiger partial charge in [-0.05, 0) is 48.7 Å². The lowest BCUT2D eigenvalue weighted by molar-refractivity contribution is 0.572. The summed E-state index contributed by atoms with van der Waals surface area (Å²) in [6, 6.07) is 13.2. The van der Waals surface area contributed by atoms with Gasteiger partial charge in [-0.25, -0.2) is 4.39 Å². The fraction of sp³-hybridized carbons (Fsp3) is 0.250. The van der Waals surface area contributed by atoms with Crippen LogP contribution in [0.15, 0.2) is 42.5 Å². The molecule has 0 saturated heterocycles. The molecule has 2 aromatic carbocycles. The second-order valence-corrected chi connectivity index (χ2v) is 5.17. The maximum Gasteiger partial charge on any atom is 0.126 e. The van der Waals surface area contributed by atoms with E-state index in [0.717, 1.165) is 10.6 Å². The smallest absolute Gasteiger partial charge is 0.126 e. The van der Waals surface area contributed by atoms with Gasteiger partial charge in [0.15, 0.2) is 0 Å². The lowest BCUT2D eigenvalue weighted by atomic mass is 10.1. The van der Waals surface area contributed by atoms with E-state index in [9.17, 15) is 4.39 Å². The molecule has 0 saturated carbocycles. The van der Waals surface area contributed by atoms with Gasteiger partial charge in [0.25, 0.3) is 0 Å². The highest BCUT2D eigenvalue weighted by Crippen LogP contribution is 2.17. The maximum atomic E-state index is 13.2. The Morgan fingerprint density at radius 3 is 2.47 bits per heavy atom. The van der Waals surface area contributed by atoms with Crippen LogP contribution in [0.25, 0.3) is 0 Å². The molecule has 0 radical (unpaired) electrons. The number of halogens is 2. The van der Waals surface area contributed by atoms with E-state index < -0.39 is 0 Å². The van der Waals surface area contributed by atoms with Crippen molar-refractivity contribution >= 4 is 11.6 Å². The van der Waals surface area contributed by atoms with Gasteiger partial charge in [0.05, 0.1) is 0 Å². The molecular weight excluding hydrogens is 261 g/mol. The zero-order chi connectivity index (χ0) is 13.8. The van der Waals surface area contributed by atoms with E-state index in [0.29, 0.717) is 12.1 Å². The van der Waals surface area contributed by atoms with Gasteiger partial charge in [-0.1, -0.05) is 35.9 Å². The van der Waals surface area contributed by atoms with Crippen LogP contribution in [0.5, 0.6) is 0 Å². The van der Waals surface area contributed by atoms with Crippen molar-refractivity contribution in [3.8, 4) is 0 Å². The molecule has 0 aromatic heterocycles. The lowest BCUT2D eigenvalue weighted by Crippen LogP contribution is -2.18. The molecule has 19 heavy (non-hydrogen) atoms. The van der Waals surface area contributed by atoms with Gasteiger partial charge >= 0.3 is 0 Å². The van der Waals surface area contributed by atoms with Crippen molar-refractivity contribution in [3.05, 3.63) is 70.0 Å². The molecule has 2 rings (SSSR count). The van der Waals surface area contributed by atoms with Crippen LogP contribution in [-0.2, 0) is 6.54 Å². The normalized spacial score (nSPS) is 12.4. The minimum absolute atomic E-state index is 0.158. The minimum Gasteiger partial charge on any atom is -0.306 e. The Labute approximate surface area is 118 Å². The third-order valence-corrected chi connectivity index (χ3v) is 3.46. The summed E-state index contributed by atoms with van der Waals surface area (Å²) in [7, 11) is 0. The molecule has 1 nitrogen and oxygen atoms in total. The van der Waals surface area contributed by atoms with Crippen LogP contribution in [0.1, 0.15) is 29.7 Å². The van der Waals surface area contributed by atoms with E-state index in [4.69, 9.17) is 11.6 Å². The predicted molar refractivity (Wildman–Crippen MR) is 77.8 cm³/mol. The van der Waals surface area contributed by atoms with Crippen molar-refractivity contribution in [3.63, 3.8) is 0 Å². The van der Waals surface area contributed by atoms with Crippen molar-refractivity contribution in [2.24, 2.45) is 0 Å². The molecule has 1 N–H and O–H groups in total. The Hall–Kier alpha value is -1.38. The summed E-state index contributed by atoms with van der Waals surface area (Å²) in [5.74, 6) is -0.158. The monoisotopic (exact) mass is 277 g/mol.